The van der Waals surface area contributed by atoms with Gasteiger partial charge in [0.1, 0.15) is 15.9 Å². The Morgan fingerprint density at radius 3 is 2.74 bits per heavy atom. The van der Waals surface area contributed by atoms with Gasteiger partial charge in [-0.05, 0) is 30.5 Å². The van der Waals surface area contributed by atoms with Crippen LogP contribution in [-0.4, -0.2) is 44.4 Å². The number of hydrogen-bond acceptors (Lipinski definition) is 7. The number of carbonyl (C=O) groups excluding carboxylic acids is 1. The van der Waals surface area contributed by atoms with Gasteiger partial charge in [0.25, 0.3) is 5.56 Å². The Bertz CT molecular complexity index is 1510. The van der Waals surface area contributed by atoms with Crippen molar-refractivity contribution in [1.82, 2.24) is 24.2 Å². The lowest BCUT2D eigenvalue weighted by Gasteiger charge is -2.14. The third-order valence-corrected chi connectivity index (χ3v) is 6.89. The molecule has 0 fully saturated rings. The molecule has 0 radical (unpaired) electrons. The van der Waals surface area contributed by atoms with Gasteiger partial charge in [-0.2, -0.15) is 5.06 Å². The molecule has 34 heavy (non-hydrogen) atoms. The first kappa shape index (κ1) is 23.7. The van der Waals surface area contributed by atoms with Gasteiger partial charge in [0, 0.05) is 44.3 Å². The second-order valence-electron chi connectivity index (χ2n) is 8.54. The molecule has 0 aromatic carbocycles. The molecule has 4 rings (SSSR count). The maximum absolute atomic E-state index is 13.2. The number of aryl methyl sites for hydroxylation is 1. The molecule has 1 amide bonds. The number of pyridine rings is 1. The predicted octanol–water partition coefficient (Wildman–Crippen LogP) is 3.19. The van der Waals surface area contributed by atoms with Gasteiger partial charge in [0.15, 0.2) is 5.75 Å². The predicted molar refractivity (Wildman–Crippen MR) is 131 cm³/mol. The highest BCUT2D eigenvalue weighted by Gasteiger charge is 2.26. The largest absolute Gasteiger partial charge is 0.439 e. The lowest BCUT2D eigenvalue weighted by atomic mass is 10.1. The van der Waals surface area contributed by atoms with Crippen molar-refractivity contribution in [2.45, 2.75) is 33.7 Å². The second-order valence-corrected chi connectivity index (χ2v) is 9.62. The molecule has 0 aliphatic heterocycles. The van der Waals surface area contributed by atoms with Gasteiger partial charge in [-0.25, -0.2) is 14.6 Å². The normalized spacial score (nSPS) is 11.6. The molecule has 180 valence electrons. The van der Waals surface area contributed by atoms with E-state index in [1.54, 1.807) is 10.8 Å². The number of hydroxylamine groups is 2. The lowest BCUT2D eigenvalue weighted by molar-refractivity contribution is -0.0789. The van der Waals surface area contributed by atoms with Crippen LogP contribution < -0.4 is 16.0 Å². The molecule has 0 aliphatic rings. The molecule has 0 unspecified atom stereocenters. The second kappa shape index (κ2) is 9.07. The van der Waals surface area contributed by atoms with Gasteiger partial charge < -0.3 is 9.72 Å². The van der Waals surface area contributed by atoms with Crippen molar-refractivity contribution in [3.05, 3.63) is 55.3 Å². The van der Waals surface area contributed by atoms with E-state index in [2.05, 4.69) is 9.97 Å². The van der Waals surface area contributed by atoms with E-state index < -0.39 is 17.3 Å². The molecule has 11 heteroatoms. The molecule has 0 atom stereocenters. The maximum atomic E-state index is 13.2. The molecule has 10 nitrogen and oxygen atoms in total. The van der Waals surface area contributed by atoms with Crippen LogP contribution >= 0.6 is 11.3 Å². The van der Waals surface area contributed by atoms with E-state index in [1.807, 2.05) is 32.9 Å². The fraction of sp³-hybridized carbons (Fsp3) is 0.391. The van der Waals surface area contributed by atoms with E-state index in [0.717, 1.165) is 31.9 Å². The molecule has 4 heterocycles. The fourth-order valence-corrected chi connectivity index (χ4v) is 5.15. The van der Waals surface area contributed by atoms with Crippen LogP contribution in [0.3, 0.4) is 0 Å². The van der Waals surface area contributed by atoms with E-state index in [9.17, 15) is 14.4 Å². The van der Waals surface area contributed by atoms with Crippen LogP contribution in [0.2, 0.25) is 0 Å². The quantitative estimate of drug-likeness (QED) is 0.420. The highest BCUT2D eigenvalue weighted by molar-refractivity contribution is 7.19. The number of carbonyl (C=O) groups is 1. The summed E-state index contributed by atoms with van der Waals surface area (Å²) in [6.45, 7) is 6.36. The highest BCUT2D eigenvalue weighted by Crippen LogP contribution is 2.39. The molecule has 4 aromatic heterocycles. The zero-order chi connectivity index (χ0) is 24.7. The SMILES string of the molecule is CON(C)C(=O)Oc1c(Cc2c(C)[nH]c3ncccc23)sc2c1c(=O)n(C)c(=O)n2CC(C)C. The highest BCUT2D eigenvalue weighted by atomic mass is 32.1. The molecular formula is C23H27N5O5S. The zero-order valence-corrected chi connectivity index (χ0v) is 20.8. The Hall–Kier alpha value is -3.44. The molecule has 0 aliphatic carbocycles. The van der Waals surface area contributed by atoms with Crippen LogP contribution in [-0.2, 0) is 24.9 Å². The maximum Gasteiger partial charge on any atom is 0.439 e. The summed E-state index contributed by atoms with van der Waals surface area (Å²) < 4.78 is 8.34. The van der Waals surface area contributed by atoms with Crippen LogP contribution in [0, 0.1) is 12.8 Å². The summed E-state index contributed by atoms with van der Waals surface area (Å²) in [6.07, 6.45) is 1.32. The molecular weight excluding hydrogens is 458 g/mol. The average Bonchev–Trinajstić information content (AvgIpc) is 3.32. The Kier molecular flexibility index (Phi) is 6.32. The van der Waals surface area contributed by atoms with Crippen molar-refractivity contribution < 1.29 is 14.4 Å². The first-order chi connectivity index (χ1) is 16.1. The third kappa shape index (κ3) is 4.01. The molecule has 0 bridgehead atoms. The van der Waals surface area contributed by atoms with Crippen LogP contribution in [0.15, 0.2) is 27.9 Å². The monoisotopic (exact) mass is 485 g/mol. The molecule has 0 saturated carbocycles. The summed E-state index contributed by atoms with van der Waals surface area (Å²) in [4.78, 5) is 52.6. The minimum atomic E-state index is -0.774. The molecule has 0 spiro atoms. The molecule has 0 saturated heterocycles. The van der Waals surface area contributed by atoms with Gasteiger partial charge in [-0.15, -0.1) is 11.3 Å². The van der Waals surface area contributed by atoms with Crippen molar-refractivity contribution in [3.8, 4) is 5.75 Å². The number of H-pyrrole nitrogens is 1. The number of thiophene rings is 1. The average molecular weight is 486 g/mol. The number of amides is 1. The number of nitrogens with one attached hydrogen (secondary N) is 1. The third-order valence-electron chi connectivity index (χ3n) is 5.69. The summed E-state index contributed by atoms with van der Waals surface area (Å²) >= 11 is 1.29. The summed E-state index contributed by atoms with van der Waals surface area (Å²) in [7, 11) is 4.19. The van der Waals surface area contributed by atoms with E-state index in [-0.39, 0.29) is 17.1 Å². The van der Waals surface area contributed by atoms with Crippen LogP contribution in [0.4, 0.5) is 4.79 Å². The van der Waals surface area contributed by atoms with Gasteiger partial charge >= 0.3 is 11.8 Å². The summed E-state index contributed by atoms with van der Waals surface area (Å²) in [5.74, 6) is 0.307. The number of ether oxygens (including phenoxy) is 1. The van der Waals surface area contributed by atoms with Crippen LogP contribution in [0.1, 0.15) is 30.0 Å². The minimum Gasteiger partial charge on any atom is -0.407 e. The first-order valence-electron chi connectivity index (χ1n) is 10.8. The number of fused-ring (bicyclic) bond motifs is 2. The topological polar surface area (TPSA) is 111 Å². The van der Waals surface area contributed by atoms with Crippen molar-refractivity contribution >= 4 is 38.7 Å². The van der Waals surface area contributed by atoms with Gasteiger partial charge in [-0.3, -0.25) is 18.8 Å². The number of nitrogens with zero attached hydrogens (tertiary/aromatic N) is 4. The molecule has 4 aromatic rings. The Labute approximate surface area is 199 Å². The minimum absolute atomic E-state index is 0.143. The van der Waals surface area contributed by atoms with Crippen molar-refractivity contribution in [1.29, 1.82) is 0 Å². The summed E-state index contributed by atoms with van der Waals surface area (Å²) in [5.41, 5.74) is 1.73. The van der Waals surface area contributed by atoms with Crippen molar-refractivity contribution in [3.63, 3.8) is 0 Å². The number of rotatable bonds is 6. The fourth-order valence-electron chi connectivity index (χ4n) is 3.92. The van der Waals surface area contributed by atoms with Gasteiger partial charge in [0.05, 0.1) is 12.0 Å². The van der Waals surface area contributed by atoms with Crippen LogP contribution in [0.25, 0.3) is 21.3 Å². The van der Waals surface area contributed by atoms with Crippen molar-refractivity contribution in [2.24, 2.45) is 13.0 Å². The van der Waals surface area contributed by atoms with E-state index >= 15 is 0 Å². The van der Waals surface area contributed by atoms with Crippen LogP contribution in [0.5, 0.6) is 5.75 Å². The lowest BCUT2D eigenvalue weighted by Crippen LogP contribution is -2.38. The van der Waals surface area contributed by atoms with E-state index in [1.165, 1.54) is 32.5 Å². The summed E-state index contributed by atoms with van der Waals surface area (Å²) in [6, 6.07) is 3.82. The smallest absolute Gasteiger partial charge is 0.407 e. The van der Waals surface area contributed by atoms with E-state index in [4.69, 9.17) is 9.57 Å². The Morgan fingerprint density at radius 1 is 1.32 bits per heavy atom. The Balaban J connectivity index is 1.99. The summed E-state index contributed by atoms with van der Waals surface area (Å²) in [5, 5.41) is 2.08. The number of aromatic amines is 1. The Morgan fingerprint density at radius 2 is 2.06 bits per heavy atom. The number of aromatic nitrogens is 4. The standard InChI is InChI=1S/C23H27N5O5S/c1-12(2)11-28-21-17(20(29)26(4)22(28)30)18(33-23(31)27(5)32-6)16(34-21)10-15-13(3)25-19-14(15)8-7-9-24-19/h7-9,12H,10-11H2,1-6H3,(H,24,25). The van der Waals surface area contributed by atoms with Gasteiger partial charge in [-0.1, -0.05) is 13.8 Å². The molecule has 1 N–H and O–H groups in total. The van der Waals surface area contributed by atoms with Crippen molar-refractivity contribution in [2.75, 3.05) is 14.2 Å². The van der Waals surface area contributed by atoms with Gasteiger partial charge in [0.2, 0.25) is 0 Å². The van der Waals surface area contributed by atoms with E-state index in [0.29, 0.717) is 22.7 Å². The number of hydrogen-bond donors (Lipinski definition) is 1. The first-order valence-corrected chi connectivity index (χ1v) is 11.6. The zero-order valence-electron chi connectivity index (χ0n) is 20.0.